The quantitative estimate of drug-likeness (QED) is 0.877. The number of methoxy groups -OCH3 is 1. The number of aliphatic hydroxyl groups excluding tert-OH is 1. The summed E-state index contributed by atoms with van der Waals surface area (Å²) in [6.07, 6.45) is -4.54. The number of hydrogen-bond donors (Lipinski definition) is 2. The van der Waals surface area contributed by atoms with Crippen molar-refractivity contribution in [3.63, 3.8) is 0 Å². The van der Waals surface area contributed by atoms with Crippen molar-refractivity contribution in [3.8, 4) is 5.75 Å². The van der Waals surface area contributed by atoms with Crippen LogP contribution in [0.5, 0.6) is 5.75 Å². The number of benzene rings is 1. The number of halogens is 4. The lowest BCUT2D eigenvalue weighted by atomic mass is 9.94. The number of ether oxygens (including phenoxy) is 1. The molecule has 3 N–H and O–H groups in total. The molecule has 20 heavy (non-hydrogen) atoms. The summed E-state index contributed by atoms with van der Waals surface area (Å²) >= 11 is 0. The first-order valence-corrected chi connectivity index (χ1v) is 6.00. The van der Waals surface area contributed by atoms with Gasteiger partial charge in [-0.1, -0.05) is 19.4 Å². The lowest BCUT2D eigenvalue weighted by molar-refractivity contribution is -0.138. The van der Waals surface area contributed by atoms with E-state index in [1.54, 1.807) is 0 Å². The van der Waals surface area contributed by atoms with Gasteiger partial charge in [-0.25, -0.2) is 0 Å². The number of aliphatic hydroxyl groups is 1. The van der Waals surface area contributed by atoms with Gasteiger partial charge in [0.05, 0.1) is 24.8 Å². The fraction of sp³-hybridized carbons (Fsp3) is 0.538. The van der Waals surface area contributed by atoms with Crippen LogP contribution in [0.4, 0.5) is 13.2 Å². The molecule has 0 heterocycles. The largest absolute Gasteiger partial charge is 0.497 e. The van der Waals surface area contributed by atoms with E-state index < -0.39 is 23.9 Å². The van der Waals surface area contributed by atoms with E-state index in [9.17, 15) is 18.3 Å². The molecule has 0 aliphatic heterocycles. The summed E-state index contributed by atoms with van der Waals surface area (Å²) in [6.45, 7) is 1.83. The van der Waals surface area contributed by atoms with Crippen molar-refractivity contribution >= 4 is 12.4 Å². The zero-order valence-electron chi connectivity index (χ0n) is 11.3. The maximum absolute atomic E-state index is 13.0. The number of hydrogen-bond acceptors (Lipinski definition) is 3. The molecule has 7 heteroatoms. The molecule has 1 rings (SSSR count). The number of nitrogens with two attached hydrogens (primary N) is 1. The van der Waals surface area contributed by atoms with E-state index in [2.05, 4.69) is 0 Å². The van der Waals surface area contributed by atoms with E-state index in [1.165, 1.54) is 19.2 Å². The molecule has 1 aromatic rings. The Morgan fingerprint density at radius 2 is 1.95 bits per heavy atom. The van der Waals surface area contributed by atoms with Gasteiger partial charge < -0.3 is 15.6 Å². The summed E-state index contributed by atoms with van der Waals surface area (Å²) in [5.41, 5.74) is 4.74. The molecule has 2 atom stereocenters. The van der Waals surface area contributed by atoms with Gasteiger partial charge in [-0.05, 0) is 24.1 Å². The molecule has 0 bridgehead atoms. The zero-order valence-corrected chi connectivity index (χ0v) is 12.1. The van der Waals surface area contributed by atoms with Crippen molar-refractivity contribution in [2.45, 2.75) is 38.1 Å². The molecular weight excluding hydrogens is 295 g/mol. The maximum Gasteiger partial charge on any atom is 0.416 e. The molecule has 116 valence electrons. The highest BCUT2D eigenvalue weighted by molar-refractivity contribution is 5.85. The van der Waals surface area contributed by atoms with E-state index in [0.717, 1.165) is 6.07 Å². The molecule has 3 nitrogen and oxygen atoms in total. The standard InChI is InChI=1S/C13H18F3NO2.ClH/c1-3-4-11(18)12(17)9-6-5-8(19-2)7-10(9)13(14,15)16;/h5-7,11-12,18H,3-4,17H2,1-2H3;1H/t11-,12+;/m0./s1. The normalized spacial score (nSPS) is 14.3. The zero-order chi connectivity index (χ0) is 14.6. The first kappa shape index (κ1) is 19.0. The Balaban J connectivity index is 0.00000361. The predicted molar refractivity (Wildman–Crippen MR) is 73.1 cm³/mol. The second-order valence-corrected chi connectivity index (χ2v) is 4.33. The molecule has 0 aliphatic carbocycles. The van der Waals surface area contributed by atoms with E-state index >= 15 is 0 Å². The van der Waals surface area contributed by atoms with Crippen molar-refractivity contribution in [2.24, 2.45) is 5.73 Å². The minimum Gasteiger partial charge on any atom is -0.497 e. The van der Waals surface area contributed by atoms with Crippen molar-refractivity contribution in [3.05, 3.63) is 29.3 Å². The van der Waals surface area contributed by atoms with Crippen LogP contribution >= 0.6 is 12.4 Å². The van der Waals surface area contributed by atoms with Gasteiger partial charge >= 0.3 is 6.18 Å². The Morgan fingerprint density at radius 3 is 2.40 bits per heavy atom. The highest BCUT2D eigenvalue weighted by atomic mass is 35.5. The number of alkyl halides is 3. The lowest BCUT2D eigenvalue weighted by Gasteiger charge is -2.23. The van der Waals surface area contributed by atoms with Crippen LogP contribution < -0.4 is 10.5 Å². The van der Waals surface area contributed by atoms with Crippen LogP contribution in [0, 0.1) is 0 Å². The predicted octanol–water partition coefficient (Wildman–Crippen LogP) is 3.30. The average molecular weight is 314 g/mol. The third kappa shape index (κ3) is 4.54. The second kappa shape index (κ2) is 7.71. The Kier molecular flexibility index (Phi) is 7.33. The Morgan fingerprint density at radius 1 is 1.35 bits per heavy atom. The van der Waals surface area contributed by atoms with Crippen molar-refractivity contribution in [2.75, 3.05) is 7.11 Å². The van der Waals surface area contributed by atoms with Crippen LogP contribution in [0.1, 0.15) is 36.9 Å². The highest BCUT2D eigenvalue weighted by Crippen LogP contribution is 2.37. The van der Waals surface area contributed by atoms with Gasteiger partial charge in [0.25, 0.3) is 0 Å². The summed E-state index contributed by atoms with van der Waals surface area (Å²) in [5, 5.41) is 9.76. The van der Waals surface area contributed by atoms with E-state index in [0.29, 0.717) is 12.8 Å². The molecule has 0 amide bonds. The first-order valence-electron chi connectivity index (χ1n) is 6.00. The third-order valence-corrected chi connectivity index (χ3v) is 2.92. The Labute approximate surface area is 122 Å². The fourth-order valence-corrected chi connectivity index (χ4v) is 1.88. The summed E-state index contributed by atoms with van der Waals surface area (Å²) in [7, 11) is 1.29. The first-order chi connectivity index (χ1) is 8.81. The van der Waals surface area contributed by atoms with Gasteiger partial charge in [0.2, 0.25) is 0 Å². The van der Waals surface area contributed by atoms with Gasteiger partial charge in [-0.3, -0.25) is 0 Å². The third-order valence-electron chi connectivity index (χ3n) is 2.92. The summed E-state index contributed by atoms with van der Waals surface area (Å²) < 4.78 is 43.7. The summed E-state index contributed by atoms with van der Waals surface area (Å²) in [6, 6.07) is 2.49. The van der Waals surface area contributed by atoms with Gasteiger partial charge in [0.1, 0.15) is 5.75 Å². The van der Waals surface area contributed by atoms with Crippen LogP contribution in [0.25, 0.3) is 0 Å². The molecule has 0 aromatic heterocycles. The van der Waals surface area contributed by atoms with Crippen LogP contribution in [0.3, 0.4) is 0 Å². The maximum atomic E-state index is 13.0. The average Bonchev–Trinajstić information content (AvgIpc) is 2.36. The van der Waals surface area contributed by atoms with Gasteiger partial charge in [-0.2, -0.15) is 13.2 Å². The van der Waals surface area contributed by atoms with Crippen LogP contribution in [0.2, 0.25) is 0 Å². The summed E-state index contributed by atoms with van der Waals surface area (Å²) in [5.74, 6) is 0.105. The molecule has 0 saturated heterocycles. The number of rotatable bonds is 5. The molecule has 0 spiro atoms. The highest BCUT2D eigenvalue weighted by Gasteiger charge is 2.36. The molecule has 0 radical (unpaired) electrons. The van der Waals surface area contributed by atoms with Crippen LogP contribution in [0.15, 0.2) is 18.2 Å². The van der Waals surface area contributed by atoms with Gasteiger partial charge in [0.15, 0.2) is 0 Å². The minimum atomic E-state index is -4.53. The van der Waals surface area contributed by atoms with Crippen LogP contribution in [-0.2, 0) is 6.18 Å². The van der Waals surface area contributed by atoms with Crippen LogP contribution in [-0.4, -0.2) is 18.3 Å². The van der Waals surface area contributed by atoms with Crippen molar-refractivity contribution in [1.29, 1.82) is 0 Å². The molecule has 0 aliphatic rings. The van der Waals surface area contributed by atoms with Gasteiger partial charge in [0, 0.05) is 0 Å². The Hall–Kier alpha value is -0.980. The second-order valence-electron chi connectivity index (χ2n) is 4.33. The van der Waals surface area contributed by atoms with Gasteiger partial charge in [-0.15, -0.1) is 12.4 Å². The van der Waals surface area contributed by atoms with E-state index in [1.807, 2.05) is 6.92 Å². The monoisotopic (exact) mass is 313 g/mol. The molecular formula is C13H19ClF3NO2. The van der Waals surface area contributed by atoms with Crippen molar-refractivity contribution < 1.29 is 23.0 Å². The smallest absolute Gasteiger partial charge is 0.416 e. The Bertz CT molecular complexity index is 427. The van der Waals surface area contributed by atoms with E-state index in [4.69, 9.17) is 10.5 Å². The molecule has 0 fully saturated rings. The topological polar surface area (TPSA) is 55.5 Å². The summed E-state index contributed by atoms with van der Waals surface area (Å²) in [4.78, 5) is 0. The molecule has 0 saturated carbocycles. The van der Waals surface area contributed by atoms with E-state index in [-0.39, 0.29) is 23.7 Å². The SMILES string of the molecule is CCC[C@H](O)[C@H](N)c1ccc(OC)cc1C(F)(F)F.Cl. The van der Waals surface area contributed by atoms with Crippen molar-refractivity contribution in [1.82, 2.24) is 0 Å². The fourth-order valence-electron chi connectivity index (χ4n) is 1.88. The lowest BCUT2D eigenvalue weighted by Crippen LogP contribution is -2.28. The molecule has 0 unspecified atom stereocenters. The minimum absolute atomic E-state index is 0. The molecule has 1 aromatic carbocycles.